The first kappa shape index (κ1) is 14.8. The van der Waals surface area contributed by atoms with Gasteiger partial charge in [0.15, 0.2) is 5.13 Å². The van der Waals surface area contributed by atoms with Crippen LogP contribution in [0.25, 0.3) is 0 Å². The Balaban J connectivity index is 1.89. The number of carbonyl (C=O) groups is 1. The van der Waals surface area contributed by atoms with E-state index in [1.165, 1.54) is 17.6 Å². The zero-order chi connectivity index (χ0) is 14.5. The molecule has 0 saturated carbocycles. The Labute approximate surface area is 129 Å². The number of nitrogens with two attached hydrogens (primary N) is 1. The maximum atomic E-state index is 11.6. The third-order valence-electron chi connectivity index (χ3n) is 2.26. The highest BCUT2D eigenvalue weighted by atomic mass is 35.5. The fraction of sp³-hybridized carbons (Fsp3) is 0.0833. The standard InChI is InChI=1S/C12H10Cl2N4OS/c13-9-2-1-7(3-10(9)14)5-16-18-11(19)4-8-6-20-12(15)17-8/h1-3,5-6H,4H2,(H2,15,17)(H,18,19)/b16-5+. The van der Waals surface area contributed by atoms with Gasteiger partial charge >= 0.3 is 0 Å². The van der Waals surface area contributed by atoms with Crippen LogP contribution in [0, 0.1) is 0 Å². The molecule has 0 aliphatic heterocycles. The largest absolute Gasteiger partial charge is 0.375 e. The van der Waals surface area contributed by atoms with Crippen LogP contribution in [0.3, 0.4) is 0 Å². The van der Waals surface area contributed by atoms with E-state index in [0.717, 1.165) is 5.56 Å². The van der Waals surface area contributed by atoms with Crippen molar-refractivity contribution in [1.29, 1.82) is 0 Å². The molecule has 8 heteroatoms. The van der Waals surface area contributed by atoms with Crippen molar-refractivity contribution in [1.82, 2.24) is 10.4 Å². The molecule has 0 aliphatic rings. The first-order chi connectivity index (χ1) is 9.54. The lowest BCUT2D eigenvalue weighted by molar-refractivity contribution is -0.120. The third-order valence-corrected chi connectivity index (χ3v) is 3.72. The Morgan fingerprint density at radius 1 is 1.45 bits per heavy atom. The number of benzene rings is 1. The Kier molecular flexibility index (Phi) is 4.94. The molecule has 0 saturated heterocycles. The van der Waals surface area contributed by atoms with Crippen molar-refractivity contribution in [2.45, 2.75) is 6.42 Å². The van der Waals surface area contributed by atoms with Gasteiger partial charge in [0.1, 0.15) is 0 Å². The van der Waals surface area contributed by atoms with Crippen LogP contribution >= 0.6 is 34.5 Å². The van der Waals surface area contributed by atoms with E-state index >= 15 is 0 Å². The zero-order valence-electron chi connectivity index (χ0n) is 10.1. The molecule has 0 spiro atoms. The maximum Gasteiger partial charge on any atom is 0.246 e. The predicted octanol–water partition coefficient (Wildman–Crippen LogP) is 2.72. The van der Waals surface area contributed by atoms with E-state index in [0.29, 0.717) is 20.9 Å². The molecule has 0 aliphatic carbocycles. The van der Waals surface area contributed by atoms with Crippen molar-refractivity contribution in [3.05, 3.63) is 44.9 Å². The van der Waals surface area contributed by atoms with E-state index in [2.05, 4.69) is 15.5 Å². The molecule has 5 nitrogen and oxygen atoms in total. The van der Waals surface area contributed by atoms with Crippen molar-refractivity contribution >= 4 is 51.8 Å². The Bertz CT molecular complexity index is 657. The number of anilines is 1. The predicted molar refractivity (Wildman–Crippen MR) is 82.4 cm³/mol. The second-order valence-corrected chi connectivity index (χ2v) is 5.52. The molecule has 20 heavy (non-hydrogen) atoms. The zero-order valence-corrected chi connectivity index (χ0v) is 12.5. The second kappa shape index (κ2) is 6.69. The molecule has 0 unspecified atom stereocenters. The van der Waals surface area contributed by atoms with Crippen LogP contribution in [0.2, 0.25) is 10.0 Å². The number of hydrogen-bond donors (Lipinski definition) is 2. The summed E-state index contributed by atoms with van der Waals surface area (Å²) in [6.45, 7) is 0. The lowest BCUT2D eigenvalue weighted by atomic mass is 10.2. The molecule has 2 aromatic rings. The number of aromatic nitrogens is 1. The van der Waals surface area contributed by atoms with Gasteiger partial charge in [-0.1, -0.05) is 29.3 Å². The van der Waals surface area contributed by atoms with E-state index < -0.39 is 0 Å². The van der Waals surface area contributed by atoms with Crippen molar-refractivity contribution in [3.8, 4) is 0 Å². The molecule has 0 bridgehead atoms. The minimum Gasteiger partial charge on any atom is -0.375 e. The van der Waals surface area contributed by atoms with E-state index in [1.54, 1.807) is 23.6 Å². The minimum absolute atomic E-state index is 0.131. The third kappa shape index (κ3) is 4.19. The Morgan fingerprint density at radius 2 is 2.25 bits per heavy atom. The quantitative estimate of drug-likeness (QED) is 0.668. The topological polar surface area (TPSA) is 80.4 Å². The summed E-state index contributed by atoms with van der Waals surface area (Å²) in [5.74, 6) is -0.272. The van der Waals surface area contributed by atoms with Crippen LogP contribution in [0.5, 0.6) is 0 Å². The van der Waals surface area contributed by atoms with Gasteiger partial charge in [-0.3, -0.25) is 4.79 Å². The number of rotatable bonds is 4. The summed E-state index contributed by atoms with van der Waals surface area (Å²) in [7, 11) is 0. The summed E-state index contributed by atoms with van der Waals surface area (Å²) in [6, 6.07) is 5.05. The number of hydrogen-bond acceptors (Lipinski definition) is 5. The van der Waals surface area contributed by atoms with Crippen molar-refractivity contribution in [2.75, 3.05) is 5.73 Å². The van der Waals surface area contributed by atoms with E-state index in [4.69, 9.17) is 28.9 Å². The van der Waals surface area contributed by atoms with Crippen LogP contribution in [0.15, 0.2) is 28.7 Å². The van der Waals surface area contributed by atoms with Gasteiger partial charge in [-0.15, -0.1) is 11.3 Å². The molecule has 0 radical (unpaired) electrons. The van der Waals surface area contributed by atoms with Gasteiger partial charge in [-0.2, -0.15) is 5.10 Å². The first-order valence-corrected chi connectivity index (χ1v) is 7.15. The van der Waals surface area contributed by atoms with Gasteiger partial charge in [-0.05, 0) is 17.7 Å². The highest BCUT2D eigenvalue weighted by molar-refractivity contribution is 7.13. The number of hydrazone groups is 1. The molecule has 3 N–H and O–H groups in total. The van der Waals surface area contributed by atoms with Gasteiger partial charge < -0.3 is 5.73 Å². The molecule has 104 valence electrons. The first-order valence-electron chi connectivity index (χ1n) is 5.51. The fourth-order valence-corrected chi connectivity index (χ4v) is 2.25. The number of amides is 1. The second-order valence-electron chi connectivity index (χ2n) is 3.82. The summed E-state index contributed by atoms with van der Waals surface area (Å²) < 4.78 is 0. The molecule has 0 atom stereocenters. The average molecular weight is 329 g/mol. The summed E-state index contributed by atoms with van der Waals surface area (Å²) in [4.78, 5) is 15.6. The van der Waals surface area contributed by atoms with Gasteiger partial charge in [-0.25, -0.2) is 10.4 Å². The number of carbonyl (C=O) groups excluding carboxylic acids is 1. The van der Waals surface area contributed by atoms with Crippen molar-refractivity contribution in [2.24, 2.45) is 5.10 Å². The smallest absolute Gasteiger partial charge is 0.246 e. The van der Waals surface area contributed by atoms with Crippen LogP contribution < -0.4 is 11.2 Å². The van der Waals surface area contributed by atoms with E-state index in [1.807, 2.05) is 0 Å². The highest BCUT2D eigenvalue weighted by Gasteiger charge is 2.05. The molecular formula is C12H10Cl2N4OS. The van der Waals surface area contributed by atoms with Gasteiger partial charge in [0.25, 0.3) is 0 Å². The number of nitrogens with zero attached hydrogens (tertiary/aromatic N) is 2. The van der Waals surface area contributed by atoms with E-state index in [-0.39, 0.29) is 12.3 Å². The molecular weight excluding hydrogens is 319 g/mol. The number of thiazole rings is 1. The van der Waals surface area contributed by atoms with Crippen LogP contribution in [-0.4, -0.2) is 17.1 Å². The molecule has 1 aromatic carbocycles. The monoisotopic (exact) mass is 328 g/mol. The summed E-state index contributed by atoms with van der Waals surface area (Å²) in [5.41, 5.74) is 9.23. The number of nitrogens with one attached hydrogen (secondary N) is 1. The summed E-state index contributed by atoms with van der Waals surface area (Å²) in [5, 5.41) is 6.90. The summed E-state index contributed by atoms with van der Waals surface area (Å²) >= 11 is 13.0. The molecule has 0 fully saturated rings. The molecule has 1 amide bonds. The van der Waals surface area contributed by atoms with Gasteiger partial charge in [0.05, 0.1) is 28.4 Å². The summed E-state index contributed by atoms with van der Waals surface area (Å²) in [6.07, 6.45) is 1.61. The van der Waals surface area contributed by atoms with Crippen molar-refractivity contribution < 1.29 is 4.79 Å². The van der Waals surface area contributed by atoms with Gasteiger partial charge in [0.2, 0.25) is 5.91 Å². The molecule has 2 rings (SSSR count). The van der Waals surface area contributed by atoms with Crippen molar-refractivity contribution in [3.63, 3.8) is 0 Å². The van der Waals surface area contributed by atoms with Crippen LogP contribution in [0.1, 0.15) is 11.3 Å². The molecule has 1 aromatic heterocycles. The molecule has 1 heterocycles. The van der Waals surface area contributed by atoms with Crippen LogP contribution in [-0.2, 0) is 11.2 Å². The Hall–Kier alpha value is -1.63. The highest BCUT2D eigenvalue weighted by Crippen LogP contribution is 2.21. The Morgan fingerprint density at radius 3 is 2.90 bits per heavy atom. The average Bonchev–Trinajstić information content (AvgIpc) is 2.79. The normalized spacial score (nSPS) is 10.9. The SMILES string of the molecule is Nc1nc(CC(=O)N/N=C/c2ccc(Cl)c(Cl)c2)cs1. The fourth-order valence-electron chi connectivity index (χ4n) is 1.38. The van der Waals surface area contributed by atoms with Crippen LogP contribution in [0.4, 0.5) is 5.13 Å². The number of nitrogen functional groups attached to an aromatic ring is 1. The maximum absolute atomic E-state index is 11.6. The van der Waals surface area contributed by atoms with E-state index in [9.17, 15) is 4.79 Å². The van der Waals surface area contributed by atoms with Gasteiger partial charge in [0, 0.05) is 5.38 Å². The number of halogens is 2. The lowest BCUT2D eigenvalue weighted by Gasteiger charge is -1.98. The minimum atomic E-state index is -0.272. The lowest BCUT2D eigenvalue weighted by Crippen LogP contribution is -2.19.